The molecule has 104 valence electrons. The Kier molecular flexibility index (Phi) is 4.77. The molecule has 3 heteroatoms. The van der Waals surface area contributed by atoms with Crippen molar-refractivity contribution in [3.63, 3.8) is 0 Å². The molecule has 0 unspecified atom stereocenters. The molecular formula is C17H20N2O. The number of carbonyl (C=O) groups excluding carboxylic acids is 1. The lowest BCUT2D eigenvalue weighted by molar-refractivity contribution is 0.0956. The lowest BCUT2D eigenvalue weighted by atomic mass is 10.1. The minimum Gasteiger partial charge on any atom is -0.381 e. The van der Waals surface area contributed by atoms with Crippen LogP contribution in [0.4, 0.5) is 5.69 Å². The fourth-order valence-corrected chi connectivity index (χ4v) is 2.06. The van der Waals surface area contributed by atoms with Crippen LogP contribution in [-0.2, 0) is 6.54 Å². The predicted octanol–water partition coefficient (Wildman–Crippen LogP) is 3.36. The summed E-state index contributed by atoms with van der Waals surface area (Å²) in [5.74, 6) is -0.0230. The minimum absolute atomic E-state index is 0.0230. The molecule has 2 rings (SSSR count). The summed E-state index contributed by atoms with van der Waals surface area (Å²) >= 11 is 0. The summed E-state index contributed by atoms with van der Waals surface area (Å²) in [6, 6.07) is 16.0. The average Bonchev–Trinajstić information content (AvgIpc) is 2.47. The van der Waals surface area contributed by atoms with E-state index in [9.17, 15) is 4.79 Å². The third-order valence-electron chi connectivity index (χ3n) is 3.15. The number of hydrogen-bond acceptors (Lipinski definition) is 2. The Morgan fingerprint density at radius 1 is 1.10 bits per heavy atom. The molecule has 20 heavy (non-hydrogen) atoms. The van der Waals surface area contributed by atoms with Gasteiger partial charge in [-0.25, -0.2) is 0 Å². The van der Waals surface area contributed by atoms with Gasteiger partial charge in [0.1, 0.15) is 0 Å². The summed E-state index contributed by atoms with van der Waals surface area (Å²) in [5.41, 5.74) is 4.07. The van der Waals surface area contributed by atoms with Crippen molar-refractivity contribution in [2.24, 2.45) is 0 Å². The highest BCUT2D eigenvalue weighted by molar-refractivity contribution is 5.94. The molecule has 3 nitrogen and oxygen atoms in total. The molecule has 1 amide bonds. The molecule has 0 aliphatic rings. The van der Waals surface area contributed by atoms with Crippen LogP contribution in [0.15, 0.2) is 48.5 Å². The first-order valence-corrected chi connectivity index (χ1v) is 6.87. The van der Waals surface area contributed by atoms with Gasteiger partial charge in [-0.1, -0.05) is 30.3 Å². The van der Waals surface area contributed by atoms with Crippen LogP contribution in [0.5, 0.6) is 0 Å². The van der Waals surface area contributed by atoms with E-state index < -0.39 is 0 Å². The number of hydrogen-bond donors (Lipinski definition) is 2. The second-order valence-electron chi connectivity index (χ2n) is 4.73. The van der Waals surface area contributed by atoms with E-state index in [1.54, 1.807) is 0 Å². The topological polar surface area (TPSA) is 41.1 Å². The van der Waals surface area contributed by atoms with Crippen LogP contribution in [0.25, 0.3) is 0 Å². The lowest BCUT2D eigenvalue weighted by Gasteiger charge is -2.11. The SMILES string of the molecule is CCNC(=O)c1ccc(NCc2ccccc2)c(C)c1. The van der Waals surface area contributed by atoms with E-state index in [-0.39, 0.29) is 5.91 Å². The standard InChI is InChI=1S/C17H20N2O/c1-3-18-17(20)15-9-10-16(13(2)11-15)19-12-14-7-5-4-6-8-14/h4-11,19H,3,12H2,1-2H3,(H,18,20). The third-order valence-corrected chi connectivity index (χ3v) is 3.15. The molecule has 2 N–H and O–H groups in total. The fraction of sp³-hybridized carbons (Fsp3) is 0.235. The van der Waals surface area contributed by atoms with Crippen LogP contribution < -0.4 is 10.6 Å². The van der Waals surface area contributed by atoms with Crippen LogP contribution in [0.1, 0.15) is 28.4 Å². The van der Waals surface area contributed by atoms with E-state index in [1.807, 2.05) is 50.2 Å². The second-order valence-corrected chi connectivity index (χ2v) is 4.73. The van der Waals surface area contributed by atoms with Gasteiger partial charge in [0, 0.05) is 24.3 Å². The van der Waals surface area contributed by atoms with Crippen LogP contribution in [0, 0.1) is 6.92 Å². The average molecular weight is 268 g/mol. The van der Waals surface area contributed by atoms with Crippen LogP contribution in [0.3, 0.4) is 0 Å². The predicted molar refractivity (Wildman–Crippen MR) is 83.0 cm³/mol. The maximum atomic E-state index is 11.8. The van der Waals surface area contributed by atoms with Crippen molar-refractivity contribution >= 4 is 11.6 Å². The van der Waals surface area contributed by atoms with Crippen molar-refractivity contribution in [2.75, 3.05) is 11.9 Å². The quantitative estimate of drug-likeness (QED) is 0.873. The molecule has 0 saturated carbocycles. The Labute approximate surface area is 120 Å². The zero-order valence-electron chi connectivity index (χ0n) is 11.9. The monoisotopic (exact) mass is 268 g/mol. The van der Waals surface area contributed by atoms with Gasteiger partial charge in [0.2, 0.25) is 0 Å². The van der Waals surface area contributed by atoms with Crippen molar-refractivity contribution in [1.29, 1.82) is 0 Å². The maximum absolute atomic E-state index is 11.8. The van der Waals surface area contributed by atoms with E-state index in [0.29, 0.717) is 12.1 Å². The van der Waals surface area contributed by atoms with E-state index in [0.717, 1.165) is 17.8 Å². The number of nitrogens with one attached hydrogen (secondary N) is 2. The Balaban J connectivity index is 2.04. The summed E-state index contributed by atoms with van der Waals surface area (Å²) < 4.78 is 0. The summed E-state index contributed by atoms with van der Waals surface area (Å²) in [5, 5.41) is 6.20. The molecule has 0 aliphatic heterocycles. The van der Waals surface area contributed by atoms with Gasteiger partial charge in [-0.15, -0.1) is 0 Å². The summed E-state index contributed by atoms with van der Waals surface area (Å²) in [6.45, 7) is 5.35. The molecular weight excluding hydrogens is 248 g/mol. The normalized spacial score (nSPS) is 10.1. The van der Waals surface area contributed by atoms with Crippen LogP contribution in [0.2, 0.25) is 0 Å². The van der Waals surface area contributed by atoms with Gasteiger partial charge in [-0.3, -0.25) is 4.79 Å². The molecule has 0 aliphatic carbocycles. The largest absolute Gasteiger partial charge is 0.381 e. The Bertz CT molecular complexity index is 579. The van der Waals surface area contributed by atoms with E-state index >= 15 is 0 Å². The molecule has 0 radical (unpaired) electrons. The first-order valence-electron chi connectivity index (χ1n) is 6.87. The van der Waals surface area contributed by atoms with Gasteiger partial charge in [0.15, 0.2) is 0 Å². The van der Waals surface area contributed by atoms with Crippen molar-refractivity contribution in [3.8, 4) is 0 Å². The number of carbonyl (C=O) groups is 1. The van der Waals surface area contributed by atoms with E-state index in [4.69, 9.17) is 0 Å². The van der Waals surface area contributed by atoms with Crippen molar-refractivity contribution in [2.45, 2.75) is 20.4 Å². The number of amides is 1. The molecule has 0 spiro atoms. The van der Waals surface area contributed by atoms with Gasteiger partial charge in [0.25, 0.3) is 5.91 Å². The van der Waals surface area contributed by atoms with E-state index in [1.165, 1.54) is 5.56 Å². The zero-order valence-corrected chi connectivity index (χ0v) is 11.9. The van der Waals surface area contributed by atoms with Crippen LogP contribution >= 0.6 is 0 Å². The highest BCUT2D eigenvalue weighted by Gasteiger charge is 2.06. The Morgan fingerprint density at radius 2 is 1.85 bits per heavy atom. The molecule has 0 heterocycles. The molecule has 0 fully saturated rings. The van der Waals surface area contributed by atoms with Crippen molar-refractivity contribution in [1.82, 2.24) is 5.32 Å². The molecule has 0 saturated heterocycles. The first-order chi connectivity index (χ1) is 9.70. The Morgan fingerprint density at radius 3 is 2.50 bits per heavy atom. The number of aryl methyl sites for hydroxylation is 1. The summed E-state index contributed by atoms with van der Waals surface area (Å²) in [4.78, 5) is 11.8. The summed E-state index contributed by atoms with van der Waals surface area (Å²) in [7, 11) is 0. The van der Waals surface area contributed by atoms with Crippen LogP contribution in [-0.4, -0.2) is 12.5 Å². The smallest absolute Gasteiger partial charge is 0.251 e. The molecule has 2 aromatic rings. The molecule has 0 bridgehead atoms. The molecule has 2 aromatic carbocycles. The van der Waals surface area contributed by atoms with Gasteiger partial charge in [-0.05, 0) is 43.2 Å². The maximum Gasteiger partial charge on any atom is 0.251 e. The number of anilines is 1. The van der Waals surface area contributed by atoms with Crippen molar-refractivity contribution in [3.05, 3.63) is 65.2 Å². The van der Waals surface area contributed by atoms with E-state index in [2.05, 4.69) is 22.8 Å². The first kappa shape index (κ1) is 14.1. The van der Waals surface area contributed by atoms with Gasteiger partial charge in [-0.2, -0.15) is 0 Å². The molecule has 0 atom stereocenters. The minimum atomic E-state index is -0.0230. The van der Waals surface area contributed by atoms with Crippen molar-refractivity contribution < 1.29 is 4.79 Å². The summed E-state index contributed by atoms with van der Waals surface area (Å²) in [6.07, 6.45) is 0. The Hall–Kier alpha value is -2.29. The third kappa shape index (κ3) is 3.60. The highest BCUT2D eigenvalue weighted by atomic mass is 16.1. The van der Waals surface area contributed by atoms with Gasteiger partial charge < -0.3 is 10.6 Å². The van der Waals surface area contributed by atoms with Gasteiger partial charge >= 0.3 is 0 Å². The fourth-order valence-electron chi connectivity index (χ4n) is 2.06. The lowest BCUT2D eigenvalue weighted by Crippen LogP contribution is -2.22. The zero-order chi connectivity index (χ0) is 14.4. The molecule has 0 aromatic heterocycles. The second kappa shape index (κ2) is 6.75. The highest BCUT2D eigenvalue weighted by Crippen LogP contribution is 2.17. The number of benzene rings is 2. The van der Waals surface area contributed by atoms with Gasteiger partial charge in [0.05, 0.1) is 0 Å². The number of rotatable bonds is 5.